The van der Waals surface area contributed by atoms with E-state index in [1.165, 1.54) is 5.56 Å². The molecule has 0 aliphatic rings. The van der Waals surface area contributed by atoms with E-state index in [2.05, 4.69) is 50.4 Å². The fraction of sp³-hybridized carbons (Fsp3) is 0.409. The summed E-state index contributed by atoms with van der Waals surface area (Å²) in [5, 5.41) is 3.01. The number of benzene rings is 2. The van der Waals surface area contributed by atoms with E-state index in [0.717, 1.165) is 5.56 Å². The van der Waals surface area contributed by atoms with E-state index in [1.54, 1.807) is 26.2 Å². The number of carbonyl (C=O) groups excluding carboxylic acids is 1. The molecule has 0 spiro atoms. The van der Waals surface area contributed by atoms with Gasteiger partial charge in [-0.1, -0.05) is 51.1 Å². The van der Waals surface area contributed by atoms with Gasteiger partial charge in [-0.25, -0.2) is 0 Å². The predicted molar refractivity (Wildman–Crippen MR) is 105 cm³/mol. The van der Waals surface area contributed by atoms with Gasteiger partial charge in [0.2, 0.25) is 0 Å². The molecule has 2 aromatic carbocycles. The molecule has 26 heavy (non-hydrogen) atoms. The van der Waals surface area contributed by atoms with Crippen LogP contribution >= 0.6 is 0 Å². The Labute approximate surface area is 156 Å². The van der Waals surface area contributed by atoms with Crippen LogP contribution < -0.4 is 14.8 Å². The SMILES string of the molecule is COc1cccc(O[C@@H](C)C(=O)N[C@H](C)c2ccc(C(C)(C)C)cc2)c1. The molecular formula is C22H29NO3. The van der Waals surface area contributed by atoms with Crippen molar-refractivity contribution < 1.29 is 14.3 Å². The Morgan fingerprint density at radius 1 is 1.00 bits per heavy atom. The molecule has 2 atom stereocenters. The minimum Gasteiger partial charge on any atom is -0.497 e. The Morgan fingerprint density at radius 2 is 1.62 bits per heavy atom. The number of ether oxygens (including phenoxy) is 2. The van der Waals surface area contributed by atoms with Gasteiger partial charge in [0.1, 0.15) is 11.5 Å². The standard InChI is InChI=1S/C22H29NO3/c1-15(17-10-12-18(13-11-17)22(3,4)5)23-21(24)16(2)26-20-9-7-8-19(14-20)25-6/h7-16H,1-6H3,(H,23,24)/t15-,16+/m1/s1. The maximum absolute atomic E-state index is 12.4. The maximum Gasteiger partial charge on any atom is 0.261 e. The second kappa shape index (κ2) is 8.26. The van der Waals surface area contributed by atoms with E-state index < -0.39 is 6.10 Å². The van der Waals surface area contributed by atoms with Crippen LogP contribution in [-0.2, 0) is 10.2 Å². The molecular weight excluding hydrogens is 326 g/mol. The van der Waals surface area contributed by atoms with Crippen LogP contribution in [0, 0.1) is 0 Å². The van der Waals surface area contributed by atoms with Crippen molar-refractivity contribution in [2.75, 3.05) is 7.11 Å². The van der Waals surface area contributed by atoms with Crippen molar-refractivity contribution in [1.82, 2.24) is 5.32 Å². The van der Waals surface area contributed by atoms with Crippen molar-refractivity contribution in [2.24, 2.45) is 0 Å². The van der Waals surface area contributed by atoms with E-state index >= 15 is 0 Å². The molecule has 4 nitrogen and oxygen atoms in total. The fourth-order valence-corrected chi connectivity index (χ4v) is 2.62. The quantitative estimate of drug-likeness (QED) is 0.821. The first kappa shape index (κ1) is 19.8. The Kier molecular flexibility index (Phi) is 6.30. The highest BCUT2D eigenvalue weighted by Crippen LogP contribution is 2.24. The lowest BCUT2D eigenvalue weighted by Crippen LogP contribution is -2.37. The Morgan fingerprint density at radius 3 is 2.19 bits per heavy atom. The molecule has 0 bridgehead atoms. The van der Waals surface area contributed by atoms with Crippen LogP contribution in [0.1, 0.15) is 51.8 Å². The van der Waals surface area contributed by atoms with Crippen molar-refractivity contribution in [3.63, 3.8) is 0 Å². The average molecular weight is 355 g/mol. The first-order chi connectivity index (χ1) is 12.2. The van der Waals surface area contributed by atoms with Crippen molar-refractivity contribution in [1.29, 1.82) is 0 Å². The van der Waals surface area contributed by atoms with E-state index in [0.29, 0.717) is 11.5 Å². The van der Waals surface area contributed by atoms with Gasteiger partial charge in [0.25, 0.3) is 5.91 Å². The maximum atomic E-state index is 12.4. The van der Waals surface area contributed by atoms with Gasteiger partial charge < -0.3 is 14.8 Å². The summed E-state index contributed by atoms with van der Waals surface area (Å²) in [6.45, 7) is 10.3. The van der Waals surface area contributed by atoms with Crippen LogP contribution in [0.3, 0.4) is 0 Å². The van der Waals surface area contributed by atoms with Crippen LogP contribution in [0.5, 0.6) is 11.5 Å². The van der Waals surface area contributed by atoms with Crippen LogP contribution in [0.4, 0.5) is 0 Å². The third-order valence-electron chi connectivity index (χ3n) is 4.36. The molecule has 1 amide bonds. The number of amides is 1. The smallest absolute Gasteiger partial charge is 0.261 e. The Balaban J connectivity index is 1.97. The van der Waals surface area contributed by atoms with Crippen LogP contribution in [-0.4, -0.2) is 19.1 Å². The van der Waals surface area contributed by atoms with Gasteiger partial charge in [0.05, 0.1) is 13.2 Å². The first-order valence-corrected chi connectivity index (χ1v) is 8.92. The van der Waals surface area contributed by atoms with Crippen molar-refractivity contribution in [3.8, 4) is 11.5 Å². The largest absolute Gasteiger partial charge is 0.497 e. The Bertz CT molecular complexity index is 732. The minimum atomic E-state index is -0.599. The minimum absolute atomic E-state index is 0.0899. The zero-order valence-electron chi connectivity index (χ0n) is 16.5. The number of nitrogens with one attached hydrogen (secondary N) is 1. The lowest BCUT2D eigenvalue weighted by atomic mass is 9.86. The molecule has 0 fully saturated rings. The summed E-state index contributed by atoms with van der Waals surface area (Å²) in [6.07, 6.45) is -0.599. The molecule has 1 N–H and O–H groups in total. The van der Waals surface area contributed by atoms with E-state index in [4.69, 9.17) is 9.47 Å². The van der Waals surface area contributed by atoms with Crippen molar-refractivity contribution in [3.05, 3.63) is 59.7 Å². The molecule has 4 heteroatoms. The van der Waals surface area contributed by atoms with Gasteiger partial charge >= 0.3 is 0 Å². The van der Waals surface area contributed by atoms with E-state index in [-0.39, 0.29) is 17.4 Å². The molecule has 0 radical (unpaired) electrons. The second-order valence-electron chi connectivity index (χ2n) is 7.54. The summed E-state index contributed by atoms with van der Waals surface area (Å²) < 4.78 is 10.9. The molecule has 0 aliphatic heterocycles. The molecule has 0 aromatic heterocycles. The fourth-order valence-electron chi connectivity index (χ4n) is 2.62. The number of rotatable bonds is 6. The molecule has 0 unspecified atom stereocenters. The zero-order chi connectivity index (χ0) is 19.3. The van der Waals surface area contributed by atoms with Crippen molar-refractivity contribution >= 4 is 5.91 Å². The van der Waals surface area contributed by atoms with E-state index in [9.17, 15) is 4.79 Å². The normalized spacial score (nSPS) is 13.6. The second-order valence-corrected chi connectivity index (χ2v) is 7.54. The molecule has 0 aliphatic carbocycles. The van der Waals surface area contributed by atoms with Crippen LogP contribution in [0.25, 0.3) is 0 Å². The summed E-state index contributed by atoms with van der Waals surface area (Å²) in [6, 6.07) is 15.5. The van der Waals surface area contributed by atoms with Crippen LogP contribution in [0.2, 0.25) is 0 Å². The van der Waals surface area contributed by atoms with Gasteiger partial charge in [0.15, 0.2) is 6.10 Å². The summed E-state index contributed by atoms with van der Waals surface area (Å²) in [5.41, 5.74) is 2.46. The topological polar surface area (TPSA) is 47.6 Å². The van der Waals surface area contributed by atoms with Gasteiger partial charge in [0, 0.05) is 6.07 Å². The molecule has 0 heterocycles. The third kappa shape index (κ3) is 5.25. The number of carbonyl (C=O) groups is 1. The van der Waals surface area contributed by atoms with Crippen molar-refractivity contribution in [2.45, 2.75) is 52.2 Å². The highest BCUT2D eigenvalue weighted by atomic mass is 16.5. The van der Waals surface area contributed by atoms with Gasteiger partial charge in [-0.15, -0.1) is 0 Å². The monoisotopic (exact) mass is 355 g/mol. The lowest BCUT2D eigenvalue weighted by molar-refractivity contribution is -0.127. The van der Waals surface area contributed by atoms with Crippen LogP contribution in [0.15, 0.2) is 48.5 Å². The number of hydrogen-bond donors (Lipinski definition) is 1. The molecule has 0 saturated carbocycles. The highest BCUT2D eigenvalue weighted by Gasteiger charge is 2.19. The predicted octanol–water partition coefficient (Wildman–Crippen LogP) is 4.64. The summed E-state index contributed by atoms with van der Waals surface area (Å²) in [5.74, 6) is 1.15. The zero-order valence-corrected chi connectivity index (χ0v) is 16.5. The highest BCUT2D eigenvalue weighted by molar-refractivity contribution is 5.81. The molecule has 140 valence electrons. The molecule has 2 aromatic rings. The molecule has 2 rings (SSSR count). The summed E-state index contributed by atoms with van der Waals surface area (Å²) in [7, 11) is 1.60. The summed E-state index contributed by atoms with van der Waals surface area (Å²) >= 11 is 0. The molecule has 0 saturated heterocycles. The Hall–Kier alpha value is -2.49. The van der Waals surface area contributed by atoms with E-state index in [1.807, 2.05) is 19.1 Å². The first-order valence-electron chi connectivity index (χ1n) is 8.92. The average Bonchev–Trinajstić information content (AvgIpc) is 2.61. The third-order valence-corrected chi connectivity index (χ3v) is 4.36. The van der Waals surface area contributed by atoms with Gasteiger partial charge in [-0.3, -0.25) is 4.79 Å². The van der Waals surface area contributed by atoms with Gasteiger partial charge in [-0.2, -0.15) is 0 Å². The number of hydrogen-bond acceptors (Lipinski definition) is 3. The van der Waals surface area contributed by atoms with Gasteiger partial charge in [-0.05, 0) is 42.5 Å². The lowest BCUT2D eigenvalue weighted by Gasteiger charge is -2.22. The number of methoxy groups -OCH3 is 1. The summed E-state index contributed by atoms with van der Waals surface area (Å²) in [4.78, 5) is 12.4.